The number of carbonyl (C=O) groups excluding carboxylic acids is 2. The van der Waals surface area contributed by atoms with Gasteiger partial charge in [-0.2, -0.15) is 0 Å². The van der Waals surface area contributed by atoms with Gasteiger partial charge >= 0.3 is 0 Å². The maximum atomic E-state index is 11.8. The summed E-state index contributed by atoms with van der Waals surface area (Å²) in [6.45, 7) is 0. The van der Waals surface area contributed by atoms with E-state index in [2.05, 4.69) is 47.8 Å². The molecule has 0 unspecified atom stereocenters. The highest BCUT2D eigenvalue weighted by atomic mass is 80.0. The van der Waals surface area contributed by atoms with E-state index in [0.29, 0.717) is 0 Å². The Labute approximate surface area is 192 Å². The molecule has 3 aromatic carbocycles. The Balaban J connectivity index is 0.000000207. The Morgan fingerprint density at radius 3 is 1.55 bits per heavy atom. The van der Waals surface area contributed by atoms with Gasteiger partial charge in [0.15, 0.2) is 7.93 Å². The van der Waals surface area contributed by atoms with Crippen LogP contribution in [0, 0.1) is 10.1 Å². The number of nitrogens with zero attached hydrogens (tertiary/aromatic N) is 1. The first kappa shape index (κ1) is 23.1. The predicted molar refractivity (Wildman–Crippen MR) is 123 cm³/mol. The molecule has 0 amide bonds. The molecule has 0 spiro atoms. The third-order valence-electron chi connectivity index (χ3n) is 3.67. The fourth-order valence-corrected chi connectivity index (χ4v) is 2.96. The molecule has 0 aliphatic heterocycles. The summed E-state index contributed by atoms with van der Waals surface area (Å²) >= 11 is 9.08. The number of Topliss-reactive ketones (excluding diaryl/α,β-unsaturated/α-hetero) is 1. The fraction of sp³-hybridized carbons (Fsp3) is 0.0476. The number of halogens is 3. The summed E-state index contributed by atoms with van der Waals surface area (Å²) in [5.74, 6) is -0.388. The minimum atomic E-state index is -1.17. The topological polar surface area (TPSA) is 77.3 Å². The van der Waals surface area contributed by atoms with Crippen molar-refractivity contribution in [3.05, 3.63) is 112 Å². The molecule has 0 aromatic heterocycles. The van der Waals surface area contributed by atoms with Crippen LogP contribution in [0.1, 0.15) is 26.3 Å². The molecule has 29 heavy (non-hydrogen) atoms. The summed E-state index contributed by atoms with van der Waals surface area (Å²) in [4.78, 5) is 33.7. The lowest BCUT2D eigenvalue weighted by Gasteiger charge is -2.10. The number of nitro groups is 1. The van der Waals surface area contributed by atoms with Crippen LogP contribution < -0.4 is 0 Å². The number of alkyl halides is 3. The van der Waals surface area contributed by atoms with Gasteiger partial charge in [0.2, 0.25) is 5.78 Å². The lowest BCUT2D eigenvalue weighted by Crippen LogP contribution is -2.18. The van der Waals surface area contributed by atoms with Gasteiger partial charge < -0.3 is 0 Å². The lowest BCUT2D eigenvalue weighted by atomic mass is 10.0. The molecule has 0 aliphatic rings. The summed E-state index contributed by atoms with van der Waals surface area (Å²) in [5, 5.41) is 10.7. The normalized spacial score (nSPS) is 10.4. The maximum absolute atomic E-state index is 11.8. The quantitative estimate of drug-likeness (QED) is 0.151. The van der Waals surface area contributed by atoms with Crippen LogP contribution >= 0.6 is 47.8 Å². The maximum Gasteiger partial charge on any atom is 0.280 e. The summed E-state index contributed by atoms with van der Waals surface area (Å²) in [5.41, 5.74) is 1.29. The van der Waals surface area contributed by atoms with Crippen LogP contribution in [-0.4, -0.2) is 18.6 Å². The molecule has 8 heteroatoms. The van der Waals surface area contributed by atoms with Crippen LogP contribution in [0.5, 0.6) is 0 Å². The molecule has 0 fully saturated rings. The van der Waals surface area contributed by atoms with Crippen LogP contribution in [0.2, 0.25) is 0 Å². The van der Waals surface area contributed by atoms with E-state index in [4.69, 9.17) is 0 Å². The molecule has 0 bridgehead atoms. The molecule has 0 radical (unpaired) electrons. The van der Waals surface area contributed by atoms with Gasteiger partial charge in [-0.05, 0) is 6.07 Å². The van der Waals surface area contributed by atoms with E-state index in [1.54, 1.807) is 6.07 Å². The highest BCUT2D eigenvalue weighted by molar-refractivity contribution is 9.40. The van der Waals surface area contributed by atoms with E-state index in [-0.39, 0.29) is 17.0 Å². The van der Waals surface area contributed by atoms with Gasteiger partial charge in [-0.25, -0.2) is 0 Å². The fourth-order valence-electron chi connectivity index (χ4n) is 2.32. The highest BCUT2D eigenvalue weighted by Crippen LogP contribution is 2.38. The van der Waals surface area contributed by atoms with Crippen molar-refractivity contribution in [1.29, 1.82) is 0 Å². The number of hydrogen-bond acceptors (Lipinski definition) is 4. The first-order valence-electron chi connectivity index (χ1n) is 8.21. The van der Waals surface area contributed by atoms with Gasteiger partial charge in [0.25, 0.3) is 5.69 Å². The molecule has 148 valence electrons. The number of benzene rings is 3. The average Bonchev–Trinajstić information content (AvgIpc) is 2.73. The van der Waals surface area contributed by atoms with Crippen molar-refractivity contribution in [3.63, 3.8) is 0 Å². The van der Waals surface area contributed by atoms with Crippen molar-refractivity contribution < 1.29 is 14.5 Å². The number of ketones is 2. The molecule has 3 aromatic rings. The second-order valence-corrected chi connectivity index (χ2v) is 12.4. The first-order valence-corrected chi connectivity index (χ1v) is 10.6. The largest absolute Gasteiger partial charge is 0.290 e. The van der Waals surface area contributed by atoms with Gasteiger partial charge in [-0.3, -0.25) is 19.7 Å². The molecule has 0 saturated carbocycles. The Kier molecular flexibility index (Phi) is 8.43. The third kappa shape index (κ3) is 6.69. The van der Waals surface area contributed by atoms with Crippen molar-refractivity contribution in [1.82, 2.24) is 0 Å². The van der Waals surface area contributed by atoms with Crippen molar-refractivity contribution in [3.8, 4) is 0 Å². The van der Waals surface area contributed by atoms with Crippen molar-refractivity contribution >= 4 is 65.0 Å². The molecule has 0 saturated heterocycles. The Hall–Kier alpha value is -2.16. The molecular weight excluding hydrogens is 570 g/mol. The zero-order valence-electron chi connectivity index (χ0n) is 14.8. The number of hydrogen-bond donors (Lipinski definition) is 0. The summed E-state index contributed by atoms with van der Waals surface area (Å²) in [6, 6.07) is 24.4. The Morgan fingerprint density at radius 1 is 0.724 bits per heavy atom. The zero-order valence-corrected chi connectivity index (χ0v) is 19.6. The van der Waals surface area contributed by atoms with Crippen molar-refractivity contribution in [2.24, 2.45) is 0 Å². The second-order valence-electron chi connectivity index (χ2n) is 5.66. The van der Waals surface area contributed by atoms with Crippen LogP contribution in [0.4, 0.5) is 5.69 Å². The minimum Gasteiger partial charge on any atom is -0.290 e. The molecule has 0 atom stereocenters. The average molecular weight is 584 g/mol. The number of nitro benzene ring substituents is 1. The van der Waals surface area contributed by atoms with Crippen LogP contribution in [0.3, 0.4) is 0 Å². The highest BCUT2D eigenvalue weighted by Gasteiger charge is 2.34. The Morgan fingerprint density at radius 2 is 1.14 bits per heavy atom. The van der Waals surface area contributed by atoms with E-state index >= 15 is 0 Å². The molecule has 5 nitrogen and oxygen atoms in total. The smallest absolute Gasteiger partial charge is 0.280 e. The number of carbonyl (C=O) groups is 2. The monoisotopic (exact) mass is 581 g/mol. The Bertz CT molecular complexity index is 962. The van der Waals surface area contributed by atoms with E-state index in [1.807, 2.05) is 60.7 Å². The van der Waals surface area contributed by atoms with Gasteiger partial charge in [-0.1, -0.05) is 121 Å². The molecular formula is C21H14Br3NO4. The van der Waals surface area contributed by atoms with Crippen molar-refractivity contribution in [2.75, 3.05) is 0 Å². The number of para-hydroxylation sites is 1. The first-order chi connectivity index (χ1) is 13.7. The van der Waals surface area contributed by atoms with Gasteiger partial charge in [-0.15, -0.1) is 0 Å². The minimum absolute atomic E-state index is 0.0353. The van der Waals surface area contributed by atoms with E-state index in [9.17, 15) is 19.7 Å². The third-order valence-corrected chi connectivity index (χ3v) is 4.76. The van der Waals surface area contributed by atoms with E-state index < -0.39 is 12.8 Å². The predicted octanol–water partition coefficient (Wildman–Crippen LogP) is 6.53. The molecule has 0 heterocycles. The van der Waals surface area contributed by atoms with Crippen LogP contribution in [0.15, 0.2) is 84.9 Å². The standard InChI is InChI=1S/C13H10O.C8H4Br3NO3/c14-13(11-7-3-1-4-8-11)12-9-5-2-6-10-12;9-8(10,11)7(13)5-3-1-2-4-6(5)12(14)15/h1-10H;1-4H. The summed E-state index contributed by atoms with van der Waals surface area (Å²) < 4.78 is -1.17. The van der Waals surface area contributed by atoms with Gasteiger partial charge in [0.05, 0.1) is 10.5 Å². The van der Waals surface area contributed by atoms with Gasteiger partial charge in [0, 0.05) is 17.2 Å². The second kappa shape index (κ2) is 10.6. The van der Waals surface area contributed by atoms with Crippen LogP contribution in [0.25, 0.3) is 0 Å². The summed E-state index contributed by atoms with van der Waals surface area (Å²) in [6.07, 6.45) is 0. The van der Waals surface area contributed by atoms with Crippen molar-refractivity contribution in [2.45, 2.75) is 2.14 Å². The van der Waals surface area contributed by atoms with E-state index in [0.717, 1.165) is 11.1 Å². The molecule has 3 rings (SSSR count). The zero-order chi connectivity index (χ0) is 21.4. The molecule has 0 N–H and O–H groups in total. The van der Waals surface area contributed by atoms with E-state index in [1.165, 1.54) is 18.2 Å². The SMILES string of the molecule is O=C(c1ccccc1)c1ccccc1.O=C(c1ccccc1[N+](=O)[O-])C(Br)(Br)Br. The number of rotatable bonds is 4. The molecule has 0 aliphatic carbocycles. The lowest BCUT2D eigenvalue weighted by molar-refractivity contribution is -0.385. The van der Waals surface area contributed by atoms with Gasteiger partial charge in [0.1, 0.15) is 0 Å². The van der Waals surface area contributed by atoms with Crippen LogP contribution in [-0.2, 0) is 0 Å². The summed E-state index contributed by atoms with van der Waals surface area (Å²) in [7, 11) is 0.